The molecule has 86 valence electrons. The summed E-state index contributed by atoms with van der Waals surface area (Å²) < 4.78 is 0. The first-order valence-electron chi connectivity index (χ1n) is 5.10. The van der Waals surface area contributed by atoms with Gasteiger partial charge in [-0.25, -0.2) is 0 Å². The predicted molar refractivity (Wildman–Crippen MR) is 63.3 cm³/mol. The summed E-state index contributed by atoms with van der Waals surface area (Å²) in [5.41, 5.74) is 0.0728. The van der Waals surface area contributed by atoms with E-state index in [-0.39, 0.29) is 12.0 Å². The second kappa shape index (κ2) is 5.61. The lowest BCUT2D eigenvalue weighted by molar-refractivity contribution is 0.0935. The number of nitrogens with one attached hydrogen (secondary N) is 1. The minimum Gasteiger partial charge on any atom is -0.394 e. The third-order valence-electron chi connectivity index (χ3n) is 2.35. The molecular weight excluding hydrogens is 210 g/mol. The molecule has 0 aliphatic heterocycles. The monoisotopic (exact) mass is 229 g/mol. The molecule has 0 amide bonds. The van der Waals surface area contributed by atoms with Crippen LogP contribution in [0, 0.1) is 0 Å². The predicted octanol–water partition coefficient (Wildman–Crippen LogP) is 0.968. The molecule has 0 aromatic carbocycles. The third kappa shape index (κ3) is 3.91. The number of thiophene rings is 1. The third-order valence-corrected chi connectivity index (χ3v) is 3.58. The first kappa shape index (κ1) is 12.6. The van der Waals surface area contributed by atoms with Crippen molar-refractivity contribution in [2.24, 2.45) is 0 Å². The molecule has 15 heavy (non-hydrogen) atoms. The van der Waals surface area contributed by atoms with Crippen LogP contribution in [0.2, 0.25) is 0 Å². The van der Waals surface area contributed by atoms with Crippen LogP contribution in [0.4, 0.5) is 0 Å². The van der Waals surface area contributed by atoms with Gasteiger partial charge in [0.15, 0.2) is 0 Å². The van der Waals surface area contributed by atoms with Crippen molar-refractivity contribution >= 4 is 11.3 Å². The zero-order valence-corrected chi connectivity index (χ0v) is 10.0. The van der Waals surface area contributed by atoms with Gasteiger partial charge in [0, 0.05) is 23.4 Å². The van der Waals surface area contributed by atoms with E-state index in [9.17, 15) is 5.11 Å². The van der Waals surface area contributed by atoms with Crippen molar-refractivity contribution in [3.8, 4) is 0 Å². The molecule has 0 unspecified atom stereocenters. The molecule has 1 heterocycles. The second-order valence-electron chi connectivity index (χ2n) is 4.33. The highest BCUT2D eigenvalue weighted by molar-refractivity contribution is 7.10. The van der Waals surface area contributed by atoms with E-state index in [4.69, 9.17) is 5.11 Å². The average Bonchev–Trinajstić information content (AvgIpc) is 2.70. The van der Waals surface area contributed by atoms with Gasteiger partial charge in [-0.3, -0.25) is 0 Å². The van der Waals surface area contributed by atoms with Crippen molar-refractivity contribution in [2.45, 2.75) is 25.4 Å². The molecule has 1 rings (SSSR count). The Labute approximate surface area is 94.8 Å². The van der Waals surface area contributed by atoms with Crippen LogP contribution in [0.15, 0.2) is 17.5 Å². The fraction of sp³-hybridized carbons (Fsp3) is 0.636. The molecule has 1 aromatic heterocycles. The Morgan fingerprint density at radius 1 is 1.53 bits per heavy atom. The zero-order valence-electron chi connectivity index (χ0n) is 9.23. The number of hydrogen-bond donors (Lipinski definition) is 3. The van der Waals surface area contributed by atoms with Crippen LogP contribution in [0.25, 0.3) is 0 Å². The van der Waals surface area contributed by atoms with Crippen molar-refractivity contribution in [3.63, 3.8) is 0 Å². The lowest BCUT2D eigenvalue weighted by atomic mass is 9.91. The number of rotatable bonds is 6. The Balaban J connectivity index is 2.37. The molecule has 0 aliphatic carbocycles. The molecular formula is C11H19NO2S. The van der Waals surface area contributed by atoms with Crippen LogP contribution in [0.5, 0.6) is 0 Å². The van der Waals surface area contributed by atoms with Gasteiger partial charge < -0.3 is 15.5 Å². The topological polar surface area (TPSA) is 52.5 Å². The molecule has 4 heteroatoms. The van der Waals surface area contributed by atoms with E-state index in [1.165, 1.54) is 4.88 Å². The zero-order chi connectivity index (χ0) is 11.3. The highest BCUT2D eigenvalue weighted by Gasteiger charge is 2.21. The van der Waals surface area contributed by atoms with Crippen molar-refractivity contribution in [2.75, 3.05) is 19.7 Å². The Bertz CT molecular complexity index is 272. The van der Waals surface area contributed by atoms with Crippen LogP contribution in [0.1, 0.15) is 18.7 Å². The van der Waals surface area contributed by atoms with Crippen molar-refractivity contribution in [3.05, 3.63) is 22.4 Å². The lowest BCUT2D eigenvalue weighted by Gasteiger charge is -2.24. The maximum atomic E-state index is 9.18. The quantitative estimate of drug-likeness (QED) is 0.681. The molecule has 3 nitrogen and oxygen atoms in total. The Morgan fingerprint density at radius 2 is 2.27 bits per heavy atom. The minimum absolute atomic E-state index is 0.0728. The van der Waals surface area contributed by atoms with E-state index in [2.05, 4.69) is 30.6 Å². The van der Waals surface area contributed by atoms with Gasteiger partial charge in [-0.1, -0.05) is 19.9 Å². The largest absolute Gasteiger partial charge is 0.394 e. The van der Waals surface area contributed by atoms with Crippen LogP contribution < -0.4 is 5.32 Å². The summed E-state index contributed by atoms with van der Waals surface area (Å²) in [7, 11) is 0. The van der Waals surface area contributed by atoms with Crippen molar-refractivity contribution < 1.29 is 10.2 Å². The molecule has 1 atom stereocenters. The first-order valence-corrected chi connectivity index (χ1v) is 5.98. The molecule has 0 saturated carbocycles. The smallest absolute Gasteiger partial charge is 0.0894 e. The van der Waals surface area contributed by atoms with Crippen LogP contribution in [0.3, 0.4) is 0 Å². The van der Waals surface area contributed by atoms with Gasteiger partial charge in [0.05, 0.1) is 12.7 Å². The standard InChI is InChI=1S/C11H19NO2S/c1-11(2,10-4-3-5-15-10)8-12-6-9(14)7-13/h3-5,9,12-14H,6-8H2,1-2H3/t9-/m0/s1. The van der Waals surface area contributed by atoms with Crippen LogP contribution in [-0.4, -0.2) is 36.0 Å². The van der Waals surface area contributed by atoms with Gasteiger partial charge in [0.25, 0.3) is 0 Å². The Hall–Kier alpha value is -0.420. The van der Waals surface area contributed by atoms with Gasteiger partial charge in [-0.2, -0.15) is 0 Å². The fourth-order valence-corrected chi connectivity index (χ4v) is 2.22. The summed E-state index contributed by atoms with van der Waals surface area (Å²) >= 11 is 1.74. The summed E-state index contributed by atoms with van der Waals surface area (Å²) in [5.74, 6) is 0. The van der Waals surface area contributed by atoms with Gasteiger partial charge in [-0.15, -0.1) is 11.3 Å². The second-order valence-corrected chi connectivity index (χ2v) is 5.28. The van der Waals surface area contributed by atoms with E-state index in [1.807, 2.05) is 6.07 Å². The minimum atomic E-state index is -0.663. The maximum absolute atomic E-state index is 9.18. The molecule has 0 bridgehead atoms. The van der Waals surface area contributed by atoms with Crippen LogP contribution >= 0.6 is 11.3 Å². The van der Waals surface area contributed by atoms with Gasteiger partial charge in [-0.05, 0) is 11.4 Å². The molecule has 1 aromatic rings. The first-order chi connectivity index (χ1) is 7.06. The van der Waals surface area contributed by atoms with E-state index < -0.39 is 6.10 Å². The fourth-order valence-electron chi connectivity index (χ4n) is 1.37. The molecule has 0 saturated heterocycles. The number of hydrogen-bond acceptors (Lipinski definition) is 4. The van der Waals surface area contributed by atoms with E-state index >= 15 is 0 Å². The Kier molecular flexibility index (Phi) is 4.73. The highest BCUT2D eigenvalue weighted by atomic mass is 32.1. The van der Waals surface area contributed by atoms with E-state index in [0.29, 0.717) is 6.54 Å². The number of aliphatic hydroxyl groups is 2. The molecule has 0 aliphatic rings. The van der Waals surface area contributed by atoms with Gasteiger partial charge >= 0.3 is 0 Å². The van der Waals surface area contributed by atoms with Crippen LogP contribution in [-0.2, 0) is 5.41 Å². The van der Waals surface area contributed by atoms with Crippen molar-refractivity contribution in [1.29, 1.82) is 0 Å². The Morgan fingerprint density at radius 3 is 2.80 bits per heavy atom. The summed E-state index contributed by atoms with van der Waals surface area (Å²) in [4.78, 5) is 1.33. The maximum Gasteiger partial charge on any atom is 0.0894 e. The SMILES string of the molecule is CC(C)(CNC[C@H](O)CO)c1cccs1. The molecule has 3 N–H and O–H groups in total. The van der Waals surface area contributed by atoms with Gasteiger partial charge in [0.1, 0.15) is 0 Å². The van der Waals surface area contributed by atoms with E-state index in [0.717, 1.165) is 6.54 Å². The van der Waals surface area contributed by atoms with Gasteiger partial charge in [0.2, 0.25) is 0 Å². The molecule has 0 radical (unpaired) electrons. The van der Waals surface area contributed by atoms with E-state index in [1.54, 1.807) is 11.3 Å². The summed E-state index contributed by atoms with van der Waals surface area (Å²) in [6.45, 7) is 5.37. The molecule has 0 fully saturated rings. The summed E-state index contributed by atoms with van der Waals surface area (Å²) in [6, 6.07) is 4.17. The summed E-state index contributed by atoms with van der Waals surface area (Å²) in [5, 5.41) is 23.1. The average molecular weight is 229 g/mol. The summed E-state index contributed by atoms with van der Waals surface area (Å²) in [6.07, 6.45) is -0.663. The highest BCUT2D eigenvalue weighted by Crippen LogP contribution is 2.26. The molecule has 0 spiro atoms. The lowest BCUT2D eigenvalue weighted by Crippen LogP contribution is -2.37. The van der Waals surface area contributed by atoms with Crippen molar-refractivity contribution in [1.82, 2.24) is 5.32 Å². The number of aliphatic hydroxyl groups excluding tert-OH is 2. The normalized spacial score (nSPS) is 14.1.